The number of primary sulfonamides is 1. The van der Waals surface area contributed by atoms with Crippen LogP contribution in [0.25, 0.3) is 0 Å². The first-order valence-corrected chi connectivity index (χ1v) is 10.4. The number of hydrazine groups is 1. The van der Waals surface area contributed by atoms with Crippen LogP contribution in [0, 0.1) is 16.0 Å². The highest BCUT2D eigenvalue weighted by atomic mass is 32.2. The maximum absolute atomic E-state index is 13.1. The lowest BCUT2D eigenvalue weighted by Gasteiger charge is -2.30. The van der Waals surface area contributed by atoms with Gasteiger partial charge in [-0.05, 0) is 36.8 Å². The van der Waals surface area contributed by atoms with Crippen molar-refractivity contribution in [2.75, 3.05) is 4.90 Å². The van der Waals surface area contributed by atoms with Gasteiger partial charge in [0.25, 0.3) is 5.69 Å². The second-order valence-corrected chi connectivity index (χ2v) is 8.73. The molecular formula is C18H19N5O5S. The van der Waals surface area contributed by atoms with Gasteiger partial charge in [-0.15, -0.1) is 0 Å². The molecule has 4 unspecified atom stereocenters. The molecule has 2 aliphatic heterocycles. The van der Waals surface area contributed by atoms with Crippen molar-refractivity contribution in [3.05, 3.63) is 64.2 Å². The first-order chi connectivity index (χ1) is 13.7. The fourth-order valence-corrected chi connectivity index (χ4v) is 4.61. The highest BCUT2D eigenvalue weighted by Gasteiger charge is 2.54. The van der Waals surface area contributed by atoms with Crippen molar-refractivity contribution in [3.8, 4) is 0 Å². The summed E-state index contributed by atoms with van der Waals surface area (Å²) < 4.78 is 23.1. The number of nitrogens with two attached hydrogens (primary N) is 1. The molecule has 4 rings (SSSR count). The summed E-state index contributed by atoms with van der Waals surface area (Å²) in [6, 6.07) is 11.0. The number of nitrogens with one attached hydrogen (secondary N) is 2. The second-order valence-electron chi connectivity index (χ2n) is 7.17. The number of hydrogen-bond donors (Lipinski definition) is 3. The van der Waals surface area contributed by atoms with E-state index in [0.717, 1.165) is 5.56 Å². The van der Waals surface area contributed by atoms with Crippen LogP contribution in [0.4, 0.5) is 11.4 Å². The van der Waals surface area contributed by atoms with Gasteiger partial charge >= 0.3 is 0 Å². The molecule has 0 aromatic heterocycles. The highest BCUT2D eigenvalue weighted by Crippen LogP contribution is 2.44. The minimum absolute atomic E-state index is 0.0298. The average Bonchev–Trinajstić information content (AvgIpc) is 3.19. The van der Waals surface area contributed by atoms with Crippen LogP contribution in [0.2, 0.25) is 0 Å². The topological polar surface area (TPSA) is 148 Å². The van der Waals surface area contributed by atoms with Gasteiger partial charge in [0, 0.05) is 29.8 Å². The van der Waals surface area contributed by atoms with Crippen LogP contribution >= 0.6 is 0 Å². The molecule has 2 aromatic rings. The van der Waals surface area contributed by atoms with Crippen LogP contribution in [-0.2, 0) is 14.8 Å². The molecule has 0 bridgehead atoms. The lowest BCUT2D eigenvalue weighted by molar-refractivity contribution is -0.384. The molecule has 0 radical (unpaired) electrons. The first kappa shape index (κ1) is 19.5. The number of sulfonamides is 1. The monoisotopic (exact) mass is 417 g/mol. The van der Waals surface area contributed by atoms with Crippen molar-refractivity contribution in [1.29, 1.82) is 0 Å². The van der Waals surface area contributed by atoms with E-state index in [1.165, 1.54) is 36.4 Å². The Morgan fingerprint density at radius 3 is 2.24 bits per heavy atom. The van der Waals surface area contributed by atoms with E-state index in [1.807, 2.05) is 6.92 Å². The number of benzene rings is 2. The van der Waals surface area contributed by atoms with Crippen LogP contribution in [0.5, 0.6) is 0 Å². The number of non-ortho nitro benzene ring substituents is 1. The molecule has 0 aliphatic carbocycles. The average molecular weight is 417 g/mol. The van der Waals surface area contributed by atoms with Crippen LogP contribution < -0.4 is 20.9 Å². The molecule has 2 saturated heterocycles. The number of nitrogens with zero attached hydrogens (tertiary/aromatic N) is 2. The number of hydrogen-bond acceptors (Lipinski definition) is 7. The third-order valence-corrected chi connectivity index (χ3v) is 6.39. The summed E-state index contributed by atoms with van der Waals surface area (Å²) in [6.07, 6.45) is 0. The highest BCUT2D eigenvalue weighted by molar-refractivity contribution is 7.89. The van der Waals surface area contributed by atoms with Gasteiger partial charge in [0.05, 0.1) is 15.9 Å². The van der Waals surface area contributed by atoms with Crippen molar-refractivity contribution >= 4 is 27.3 Å². The van der Waals surface area contributed by atoms with Crippen molar-refractivity contribution < 1.29 is 18.1 Å². The molecule has 1 amide bonds. The zero-order valence-electron chi connectivity index (χ0n) is 15.3. The third kappa shape index (κ3) is 3.27. The zero-order chi connectivity index (χ0) is 20.9. The Morgan fingerprint density at radius 2 is 1.69 bits per heavy atom. The summed E-state index contributed by atoms with van der Waals surface area (Å²) >= 11 is 0. The Bertz CT molecular complexity index is 1070. The van der Waals surface area contributed by atoms with Crippen molar-refractivity contribution in [2.45, 2.75) is 29.9 Å². The van der Waals surface area contributed by atoms with E-state index >= 15 is 0 Å². The van der Waals surface area contributed by atoms with Crippen molar-refractivity contribution in [1.82, 2.24) is 10.9 Å². The van der Waals surface area contributed by atoms with Crippen molar-refractivity contribution in [3.63, 3.8) is 0 Å². The molecule has 11 heteroatoms. The van der Waals surface area contributed by atoms with Gasteiger partial charge in [-0.2, -0.15) is 0 Å². The van der Waals surface area contributed by atoms with Gasteiger partial charge in [0.2, 0.25) is 15.9 Å². The Hall–Kier alpha value is -2.86. The molecule has 152 valence electrons. The minimum Gasteiger partial charge on any atom is -0.303 e. The lowest BCUT2D eigenvalue weighted by Crippen LogP contribution is -2.42. The maximum Gasteiger partial charge on any atom is 0.269 e. The molecule has 0 saturated carbocycles. The number of nitro benzene ring substituents is 1. The molecule has 29 heavy (non-hydrogen) atoms. The minimum atomic E-state index is -3.85. The number of carbonyl (C=O) groups is 1. The number of anilines is 1. The summed E-state index contributed by atoms with van der Waals surface area (Å²) in [5, 5.41) is 16.1. The quantitative estimate of drug-likeness (QED) is 0.492. The number of rotatable bonds is 4. The van der Waals surface area contributed by atoms with Gasteiger partial charge in [-0.3, -0.25) is 20.3 Å². The van der Waals surface area contributed by atoms with Crippen LogP contribution in [0.3, 0.4) is 0 Å². The molecule has 4 atom stereocenters. The maximum atomic E-state index is 13.1. The van der Waals surface area contributed by atoms with Gasteiger partial charge in [-0.25, -0.2) is 19.0 Å². The van der Waals surface area contributed by atoms with Crippen LogP contribution in [0.15, 0.2) is 53.4 Å². The van der Waals surface area contributed by atoms with Crippen molar-refractivity contribution in [2.24, 2.45) is 11.1 Å². The number of amides is 1. The molecular weight excluding hydrogens is 398 g/mol. The number of fused-ring (bicyclic) bond motifs is 1. The Kier molecular flexibility index (Phi) is 4.62. The van der Waals surface area contributed by atoms with E-state index in [0.29, 0.717) is 5.69 Å². The van der Waals surface area contributed by atoms with E-state index in [1.54, 1.807) is 17.0 Å². The summed E-state index contributed by atoms with van der Waals surface area (Å²) in [5.41, 5.74) is 7.34. The number of nitro groups is 1. The predicted molar refractivity (Wildman–Crippen MR) is 104 cm³/mol. The molecule has 2 heterocycles. The van der Waals surface area contributed by atoms with E-state index in [4.69, 9.17) is 5.14 Å². The SMILES string of the molecule is CC1NNC2C(=O)N(c3ccc(S(N)(=O)=O)cc3)C(c3ccc([N+](=O)[O-])cc3)C12. The molecule has 4 N–H and O–H groups in total. The summed E-state index contributed by atoms with van der Waals surface area (Å²) in [6.45, 7) is 1.96. The largest absolute Gasteiger partial charge is 0.303 e. The van der Waals surface area contributed by atoms with E-state index in [9.17, 15) is 23.3 Å². The lowest BCUT2D eigenvalue weighted by atomic mass is 9.87. The van der Waals surface area contributed by atoms with Crippen LogP contribution in [0.1, 0.15) is 18.5 Å². The van der Waals surface area contributed by atoms with E-state index in [2.05, 4.69) is 10.9 Å². The van der Waals surface area contributed by atoms with E-state index in [-0.39, 0.29) is 34.5 Å². The van der Waals surface area contributed by atoms with Gasteiger partial charge in [0.15, 0.2) is 0 Å². The molecule has 2 aromatic carbocycles. The Balaban J connectivity index is 1.78. The summed E-state index contributed by atoms with van der Waals surface area (Å²) in [7, 11) is -3.85. The fraction of sp³-hybridized carbons (Fsp3) is 0.278. The smallest absolute Gasteiger partial charge is 0.269 e. The zero-order valence-corrected chi connectivity index (χ0v) is 16.2. The van der Waals surface area contributed by atoms with Gasteiger partial charge in [0.1, 0.15) is 6.04 Å². The predicted octanol–water partition coefficient (Wildman–Crippen LogP) is 0.811. The summed E-state index contributed by atoms with van der Waals surface area (Å²) in [5.74, 6) is -0.291. The Morgan fingerprint density at radius 1 is 1.07 bits per heavy atom. The normalized spacial score (nSPS) is 26.6. The summed E-state index contributed by atoms with van der Waals surface area (Å²) in [4.78, 5) is 25.2. The number of carbonyl (C=O) groups excluding carboxylic acids is 1. The first-order valence-electron chi connectivity index (χ1n) is 8.90. The third-order valence-electron chi connectivity index (χ3n) is 5.46. The van der Waals surface area contributed by atoms with Crippen LogP contribution in [-0.4, -0.2) is 31.3 Å². The van der Waals surface area contributed by atoms with E-state index < -0.39 is 21.0 Å². The molecule has 10 nitrogen and oxygen atoms in total. The standard InChI is InChI=1S/C18H19N5O5S/c1-10-15-16(21-20-10)18(24)22(12-6-8-14(9-7-12)29(19,27)28)17(15)11-2-4-13(5-3-11)23(25)26/h2-10,15-17,20-21H,1H3,(H2,19,27,28). The van der Waals surface area contributed by atoms with Gasteiger partial charge in [-0.1, -0.05) is 12.1 Å². The Labute approximate surface area is 166 Å². The van der Waals surface area contributed by atoms with Gasteiger partial charge < -0.3 is 4.90 Å². The molecule has 0 spiro atoms. The molecule has 2 aliphatic rings. The molecule has 2 fully saturated rings. The fourth-order valence-electron chi connectivity index (χ4n) is 4.09. The second kappa shape index (κ2) is 6.88.